The Morgan fingerprint density at radius 2 is 1.97 bits per heavy atom. The van der Waals surface area contributed by atoms with Crippen LogP contribution in [0.25, 0.3) is 16.7 Å². The lowest BCUT2D eigenvalue weighted by Crippen LogP contribution is -2.76. The summed E-state index contributed by atoms with van der Waals surface area (Å²) >= 11 is 0. The first kappa shape index (κ1) is 20.9. The highest BCUT2D eigenvalue weighted by atomic mass is 19.1. The number of nitrogens with one attached hydrogen (secondary N) is 2. The molecule has 5 aromatic rings. The number of fused-ring (bicyclic) bond motifs is 2. The van der Waals surface area contributed by atoms with Crippen molar-refractivity contribution >= 4 is 34.0 Å². The molecule has 10 nitrogen and oxygen atoms in total. The lowest BCUT2D eigenvalue weighted by molar-refractivity contribution is 0.159. The van der Waals surface area contributed by atoms with Crippen molar-refractivity contribution in [1.29, 1.82) is 0 Å². The minimum atomic E-state index is -0.470. The highest BCUT2D eigenvalue weighted by Gasteiger charge is 2.47. The fourth-order valence-electron chi connectivity index (χ4n) is 4.78. The van der Waals surface area contributed by atoms with Gasteiger partial charge >= 0.3 is 0 Å². The minimum absolute atomic E-state index is 0.247. The quantitative estimate of drug-likeness (QED) is 0.388. The van der Waals surface area contributed by atoms with Gasteiger partial charge in [0.05, 0.1) is 16.7 Å². The summed E-state index contributed by atoms with van der Waals surface area (Å²) in [6, 6.07) is 10.4. The maximum Gasteiger partial charge on any atom is 0.160 e. The van der Waals surface area contributed by atoms with E-state index in [9.17, 15) is 0 Å². The number of ether oxygens (including phenoxy) is 1. The van der Waals surface area contributed by atoms with E-state index in [0.29, 0.717) is 34.0 Å². The molecular weight excluding hydrogens is 461 g/mol. The van der Waals surface area contributed by atoms with Crippen molar-refractivity contribution in [3.63, 3.8) is 0 Å². The van der Waals surface area contributed by atoms with Gasteiger partial charge in [0.1, 0.15) is 41.3 Å². The Labute approximate surface area is 205 Å². The maximum absolute atomic E-state index is 15.2. The zero-order chi connectivity index (χ0) is 24.3. The molecule has 2 N–H and O–H groups in total. The van der Waals surface area contributed by atoms with Crippen molar-refractivity contribution in [3.05, 3.63) is 66.6 Å². The number of halogens is 1. The summed E-state index contributed by atoms with van der Waals surface area (Å²) < 4.78 is 22.7. The number of hydrogen-bond acceptors (Lipinski definition) is 9. The Balaban J connectivity index is 1.16. The molecule has 0 saturated carbocycles. The molecule has 6 heterocycles. The van der Waals surface area contributed by atoms with Gasteiger partial charge in [-0.3, -0.25) is 0 Å². The molecule has 2 aliphatic heterocycles. The van der Waals surface area contributed by atoms with Crippen LogP contribution in [0.15, 0.2) is 55.2 Å². The standard InChI is InChI=1S/C25H22FN9O/c1-15-8-19(17(26)10-20(15)36-16-4-7-35-22(9-16)28-14-31-35)32-24-23-18(27-13-29-24)2-3-21(33-23)34-11-25(12-34)5-6-30-25/h2-4,7-10,13-14,30H,5-6,11-12H2,1H3,(H,27,29,32). The van der Waals surface area contributed by atoms with Crippen molar-refractivity contribution < 1.29 is 9.13 Å². The van der Waals surface area contributed by atoms with E-state index < -0.39 is 5.82 Å². The van der Waals surface area contributed by atoms with E-state index in [0.717, 1.165) is 31.0 Å². The van der Waals surface area contributed by atoms with E-state index in [1.165, 1.54) is 25.1 Å². The minimum Gasteiger partial charge on any atom is -0.457 e. The Morgan fingerprint density at radius 1 is 1.08 bits per heavy atom. The lowest BCUT2D eigenvalue weighted by Gasteiger charge is -2.56. The number of aryl methyl sites for hydroxylation is 1. The van der Waals surface area contributed by atoms with Crippen LogP contribution in [0.2, 0.25) is 0 Å². The lowest BCUT2D eigenvalue weighted by atomic mass is 9.80. The predicted octanol–water partition coefficient (Wildman–Crippen LogP) is 3.60. The molecule has 2 fully saturated rings. The molecule has 0 radical (unpaired) electrons. The Morgan fingerprint density at radius 3 is 2.81 bits per heavy atom. The van der Waals surface area contributed by atoms with Gasteiger partial charge in [-0.05, 0) is 49.7 Å². The van der Waals surface area contributed by atoms with Gasteiger partial charge in [0.15, 0.2) is 11.5 Å². The van der Waals surface area contributed by atoms with Crippen LogP contribution in [0.5, 0.6) is 11.5 Å². The Bertz CT molecular complexity index is 1620. The molecule has 0 amide bonds. The average Bonchev–Trinajstić information content (AvgIpc) is 3.29. The third kappa shape index (κ3) is 3.47. The summed E-state index contributed by atoms with van der Waals surface area (Å²) in [5.41, 5.74) is 3.21. The molecule has 180 valence electrons. The number of benzene rings is 1. The summed E-state index contributed by atoms with van der Waals surface area (Å²) in [7, 11) is 0. The zero-order valence-corrected chi connectivity index (χ0v) is 19.4. The highest BCUT2D eigenvalue weighted by molar-refractivity contribution is 5.88. The van der Waals surface area contributed by atoms with Crippen LogP contribution in [0.4, 0.5) is 21.7 Å². The first-order valence-electron chi connectivity index (χ1n) is 11.7. The molecule has 0 aliphatic carbocycles. The van der Waals surface area contributed by atoms with E-state index >= 15 is 4.39 Å². The largest absolute Gasteiger partial charge is 0.457 e. The van der Waals surface area contributed by atoms with E-state index in [1.54, 1.807) is 28.9 Å². The summed E-state index contributed by atoms with van der Waals surface area (Å²) in [6.45, 7) is 4.80. The van der Waals surface area contributed by atoms with Gasteiger partial charge < -0.3 is 20.3 Å². The van der Waals surface area contributed by atoms with Gasteiger partial charge in [-0.1, -0.05) is 0 Å². The summed E-state index contributed by atoms with van der Waals surface area (Å²) in [5.74, 6) is 1.80. The summed E-state index contributed by atoms with van der Waals surface area (Å²) in [4.78, 5) is 19.9. The highest BCUT2D eigenvalue weighted by Crippen LogP contribution is 2.35. The molecular formula is C25H22FN9O. The van der Waals surface area contributed by atoms with Crippen molar-refractivity contribution in [2.75, 3.05) is 29.9 Å². The van der Waals surface area contributed by atoms with Crippen LogP contribution in [0.1, 0.15) is 12.0 Å². The number of anilines is 3. The number of nitrogens with zero attached hydrogens (tertiary/aromatic N) is 7. The molecule has 0 bridgehead atoms. The SMILES string of the molecule is Cc1cc(Nc2ncnc3ccc(N4CC5(CCN5)C4)nc23)c(F)cc1Oc1ccn2ncnc2c1. The Hall–Kier alpha value is -4.38. The fraction of sp³-hybridized carbons (Fsp3) is 0.240. The van der Waals surface area contributed by atoms with E-state index in [2.05, 4.69) is 35.6 Å². The van der Waals surface area contributed by atoms with Gasteiger partial charge in [0, 0.05) is 31.4 Å². The molecule has 36 heavy (non-hydrogen) atoms. The van der Waals surface area contributed by atoms with Crippen LogP contribution in [-0.4, -0.2) is 54.7 Å². The third-order valence-corrected chi connectivity index (χ3v) is 6.88. The van der Waals surface area contributed by atoms with Gasteiger partial charge in [-0.2, -0.15) is 5.10 Å². The number of aromatic nitrogens is 6. The first-order valence-corrected chi connectivity index (χ1v) is 11.7. The second kappa shape index (κ2) is 7.82. The Kier molecular flexibility index (Phi) is 4.55. The molecule has 7 rings (SSSR count). The van der Waals surface area contributed by atoms with Crippen molar-refractivity contribution in [2.24, 2.45) is 0 Å². The van der Waals surface area contributed by atoms with Gasteiger partial charge in [-0.15, -0.1) is 0 Å². The molecule has 0 atom stereocenters. The van der Waals surface area contributed by atoms with Gasteiger partial charge in [0.25, 0.3) is 0 Å². The molecule has 2 saturated heterocycles. The van der Waals surface area contributed by atoms with Crippen LogP contribution in [0.3, 0.4) is 0 Å². The second-order valence-corrected chi connectivity index (χ2v) is 9.32. The van der Waals surface area contributed by atoms with E-state index in [4.69, 9.17) is 9.72 Å². The van der Waals surface area contributed by atoms with Gasteiger partial charge in [-0.25, -0.2) is 28.8 Å². The topological polar surface area (TPSA) is 105 Å². The predicted molar refractivity (Wildman–Crippen MR) is 132 cm³/mol. The number of hydrogen-bond donors (Lipinski definition) is 2. The molecule has 0 unspecified atom stereocenters. The van der Waals surface area contributed by atoms with Crippen LogP contribution in [-0.2, 0) is 0 Å². The monoisotopic (exact) mass is 483 g/mol. The van der Waals surface area contributed by atoms with Crippen molar-refractivity contribution in [1.82, 2.24) is 34.9 Å². The molecule has 1 aromatic carbocycles. The maximum atomic E-state index is 15.2. The van der Waals surface area contributed by atoms with E-state index in [-0.39, 0.29) is 11.2 Å². The van der Waals surface area contributed by atoms with Crippen molar-refractivity contribution in [2.45, 2.75) is 18.9 Å². The number of rotatable bonds is 5. The number of pyridine rings is 2. The van der Waals surface area contributed by atoms with Crippen LogP contribution >= 0.6 is 0 Å². The molecule has 4 aromatic heterocycles. The molecule has 2 aliphatic rings. The third-order valence-electron chi connectivity index (χ3n) is 6.88. The summed E-state index contributed by atoms with van der Waals surface area (Å²) in [5, 5.41) is 10.7. The summed E-state index contributed by atoms with van der Waals surface area (Å²) in [6.07, 6.45) is 5.85. The second-order valence-electron chi connectivity index (χ2n) is 9.32. The molecule has 11 heteroatoms. The normalized spacial score (nSPS) is 16.2. The van der Waals surface area contributed by atoms with E-state index in [1.807, 2.05) is 19.1 Å². The van der Waals surface area contributed by atoms with Crippen molar-refractivity contribution in [3.8, 4) is 11.5 Å². The zero-order valence-electron chi connectivity index (χ0n) is 19.4. The molecule has 1 spiro atoms. The first-order chi connectivity index (χ1) is 17.6. The smallest absolute Gasteiger partial charge is 0.160 e. The van der Waals surface area contributed by atoms with Crippen LogP contribution < -0.4 is 20.3 Å². The van der Waals surface area contributed by atoms with Crippen LogP contribution in [0, 0.1) is 12.7 Å². The fourth-order valence-corrected chi connectivity index (χ4v) is 4.78. The van der Waals surface area contributed by atoms with Gasteiger partial charge in [0.2, 0.25) is 0 Å². The average molecular weight is 484 g/mol.